The van der Waals surface area contributed by atoms with E-state index in [2.05, 4.69) is 20.4 Å². The lowest BCUT2D eigenvalue weighted by Gasteiger charge is -2.31. The molecular formula is C24H23F3N8O2. The summed E-state index contributed by atoms with van der Waals surface area (Å²) in [4.78, 5) is 5.27. The summed E-state index contributed by atoms with van der Waals surface area (Å²) < 4.78 is 51.3. The molecule has 0 bridgehead atoms. The van der Waals surface area contributed by atoms with Gasteiger partial charge in [-0.1, -0.05) is 5.21 Å². The van der Waals surface area contributed by atoms with Gasteiger partial charge in [-0.3, -0.25) is 4.98 Å². The summed E-state index contributed by atoms with van der Waals surface area (Å²) in [6.45, 7) is 3.27. The molecule has 1 N–H and O–H groups in total. The van der Waals surface area contributed by atoms with Gasteiger partial charge in [0.15, 0.2) is 12.0 Å². The van der Waals surface area contributed by atoms with Crippen molar-refractivity contribution in [2.24, 2.45) is 0 Å². The lowest BCUT2D eigenvalue weighted by molar-refractivity contribution is 0.00415. The van der Waals surface area contributed by atoms with Gasteiger partial charge in [0.05, 0.1) is 36.4 Å². The second-order valence-electron chi connectivity index (χ2n) is 9.19. The number of likely N-dealkylation sites (tertiary alicyclic amines) is 1. The average molecular weight is 512 g/mol. The fourth-order valence-corrected chi connectivity index (χ4v) is 4.46. The highest BCUT2D eigenvalue weighted by molar-refractivity contribution is 5.70. The summed E-state index contributed by atoms with van der Waals surface area (Å²) in [5.41, 5.74) is 0.105. The van der Waals surface area contributed by atoms with E-state index in [-0.39, 0.29) is 30.1 Å². The Hall–Kier alpha value is -4.18. The van der Waals surface area contributed by atoms with E-state index >= 15 is 0 Å². The van der Waals surface area contributed by atoms with Crippen molar-refractivity contribution in [3.05, 3.63) is 59.8 Å². The number of aromatic nitrogens is 6. The number of halogens is 3. The Morgan fingerprint density at radius 2 is 2.11 bits per heavy atom. The Morgan fingerprint density at radius 1 is 1.30 bits per heavy atom. The van der Waals surface area contributed by atoms with Crippen LogP contribution in [-0.4, -0.2) is 65.5 Å². The Morgan fingerprint density at radius 3 is 2.81 bits per heavy atom. The van der Waals surface area contributed by atoms with Crippen molar-refractivity contribution in [3.8, 4) is 23.2 Å². The summed E-state index contributed by atoms with van der Waals surface area (Å²) in [6.07, 6.45) is 4.63. The van der Waals surface area contributed by atoms with E-state index in [4.69, 9.17) is 10.00 Å². The molecule has 1 fully saturated rings. The molecule has 0 amide bonds. The van der Waals surface area contributed by atoms with Crippen LogP contribution in [0.4, 0.5) is 13.2 Å². The van der Waals surface area contributed by atoms with Gasteiger partial charge < -0.3 is 14.7 Å². The molecule has 4 aromatic rings. The largest absolute Gasteiger partial charge is 0.488 e. The van der Waals surface area contributed by atoms with Crippen LogP contribution in [0.25, 0.3) is 16.8 Å². The number of piperidine rings is 1. The molecule has 1 unspecified atom stereocenters. The highest BCUT2D eigenvalue weighted by Gasteiger charge is 2.33. The minimum atomic E-state index is -1.61. The van der Waals surface area contributed by atoms with Gasteiger partial charge in [-0.25, -0.2) is 22.4 Å². The Balaban J connectivity index is 1.46. The molecule has 10 nitrogen and oxygen atoms in total. The molecule has 0 radical (unpaired) electrons. The van der Waals surface area contributed by atoms with Crippen molar-refractivity contribution in [3.63, 3.8) is 0 Å². The lowest BCUT2D eigenvalue weighted by atomic mass is 10.0. The van der Waals surface area contributed by atoms with E-state index in [1.165, 1.54) is 33.2 Å². The minimum Gasteiger partial charge on any atom is -0.488 e. The van der Waals surface area contributed by atoms with E-state index in [1.54, 1.807) is 19.2 Å². The Kier molecular flexibility index (Phi) is 6.20. The van der Waals surface area contributed by atoms with Gasteiger partial charge in [-0.15, -0.1) is 5.10 Å². The number of pyridine rings is 2. The number of alkyl halides is 1. The number of rotatable bonds is 6. The summed E-state index contributed by atoms with van der Waals surface area (Å²) >= 11 is 0. The van der Waals surface area contributed by atoms with E-state index in [0.717, 1.165) is 12.4 Å². The fourth-order valence-electron chi connectivity index (χ4n) is 4.46. The third kappa shape index (κ3) is 4.55. The van der Waals surface area contributed by atoms with Crippen LogP contribution in [0.15, 0.2) is 36.8 Å². The van der Waals surface area contributed by atoms with Gasteiger partial charge in [0.1, 0.15) is 41.2 Å². The molecule has 4 aromatic heterocycles. The second kappa shape index (κ2) is 9.36. The van der Waals surface area contributed by atoms with Crippen LogP contribution < -0.4 is 4.74 Å². The summed E-state index contributed by atoms with van der Waals surface area (Å²) in [5, 5.41) is 32.3. The van der Waals surface area contributed by atoms with Crippen LogP contribution in [0.2, 0.25) is 0 Å². The maximum atomic E-state index is 14.8. The van der Waals surface area contributed by atoms with E-state index in [1.807, 2.05) is 6.19 Å². The van der Waals surface area contributed by atoms with Gasteiger partial charge in [-0.2, -0.15) is 10.4 Å². The first-order valence-electron chi connectivity index (χ1n) is 11.5. The van der Waals surface area contributed by atoms with Gasteiger partial charge in [0.2, 0.25) is 0 Å². The van der Waals surface area contributed by atoms with Crippen molar-refractivity contribution < 1.29 is 23.0 Å². The zero-order valence-electron chi connectivity index (χ0n) is 20.0. The van der Waals surface area contributed by atoms with E-state index in [9.17, 15) is 18.3 Å². The predicted octanol–water partition coefficient (Wildman–Crippen LogP) is 2.93. The van der Waals surface area contributed by atoms with Gasteiger partial charge in [0.25, 0.3) is 0 Å². The van der Waals surface area contributed by atoms with Crippen molar-refractivity contribution in [1.82, 2.24) is 34.5 Å². The van der Waals surface area contributed by atoms with Crippen LogP contribution in [0, 0.1) is 30.0 Å². The number of nitriles is 1. The van der Waals surface area contributed by atoms with E-state index in [0.29, 0.717) is 29.9 Å². The van der Waals surface area contributed by atoms with E-state index < -0.39 is 29.4 Å². The van der Waals surface area contributed by atoms with Crippen molar-refractivity contribution in [1.29, 1.82) is 5.26 Å². The smallest absolute Gasteiger partial charge is 0.179 e. The van der Waals surface area contributed by atoms with Gasteiger partial charge in [-0.05, 0) is 38.5 Å². The number of fused-ring (bicyclic) bond motifs is 1. The molecule has 5 rings (SSSR count). The first-order chi connectivity index (χ1) is 17.7. The predicted molar refractivity (Wildman–Crippen MR) is 124 cm³/mol. The lowest BCUT2D eigenvalue weighted by Crippen LogP contribution is -2.40. The summed E-state index contributed by atoms with van der Waals surface area (Å²) in [7, 11) is 0. The highest BCUT2D eigenvalue weighted by atomic mass is 19.1. The third-order valence-electron chi connectivity index (χ3n) is 6.48. The maximum Gasteiger partial charge on any atom is 0.179 e. The molecule has 3 atom stereocenters. The molecule has 13 heteroatoms. The van der Waals surface area contributed by atoms with Crippen molar-refractivity contribution in [2.75, 3.05) is 19.7 Å². The first kappa shape index (κ1) is 24.5. The van der Waals surface area contributed by atoms with Crippen molar-refractivity contribution in [2.45, 2.75) is 38.1 Å². The zero-order chi connectivity index (χ0) is 26.3. The molecule has 1 saturated heterocycles. The van der Waals surface area contributed by atoms with Crippen LogP contribution in [0.3, 0.4) is 0 Å². The molecule has 0 aliphatic carbocycles. The Labute approximate surface area is 209 Å². The minimum absolute atomic E-state index is 0.0187. The summed E-state index contributed by atoms with van der Waals surface area (Å²) in [6, 6.07) is 3.47. The Bertz CT molecular complexity index is 1480. The molecule has 0 spiro atoms. The number of nitrogens with zero attached hydrogens (tertiary/aromatic N) is 8. The molecule has 0 aromatic carbocycles. The topological polar surface area (TPSA) is 117 Å². The molecule has 0 saturated carbocycles. The molecule has 1 aliphatic heterocycles. The molecule has 5 heterocycles. The monoisotopic (exact) mass is 512 g/mol. The SMILES string of the molecule is Cc1c(-c2cc(OCC(C)(O)c3ccc(F)cn3)c3c(F)cnn3c2)nnn1[C@H]1CCN(C#N)C[C@H]1F. The number of hydrogen-bond acceptors (Lipinski definition) is 8. The second-order valence-corrected chi connectivity index (χ2v) is 9.19. The van der Waals surface area contributed by atoms with Crippen LogP contribution in [-0.2, 0) is 5.60 Å². The average Bonchev–Trinajstić information content (AvgIpc) is 3.45. The third-order valence-corrected chi connectivity index (χ3v) is 6.48. The van der Waals surface area contributed by atoms with Crippen molar-refractivity contribution >= 4 is 5.52 Å². The molecule has 192 valence electrons. The molecule has 1 aliphatic rings. The summed E-state index contributed by atoms with van der Waals surface area (Å²) in [5.74, 6) is -1.10. The quantitative estimate of drug-likeness (QED) is 0.392. The normalized spacial score (nSPS) is 19.5. The first-order valence-corrected chi connectivity index (χ1v) is 11.5. The molecule has 37 heavy (non-hydrogen) atoms. The van der Waals surface area contributed by atoms with Crippen LogP contribution in [0.5, 0.6) is 5.75 Å². The number of ether oxygens (including phenoxy) is 1. The highest BCUT2D eigenvalue weighted by Crippen LogP contribution is 2.33. The zero-order valence-corrected chi connectivity index (χ0v) is 20.0. The van der Waals surface area contributed by atoms with Gasteiger partial charge in [0, 0.05) is 18.3 Å². The maximum absolute atomic E-state index is 14.8. The number of aliphatic hydroxyl groups is 1. The standard InChI is InChI=1S/C24H23F3N8O2/c1-14-22(31-32-35(14)19-5-6-33(13-28)11-18(19)27)15-7-20(23-17(26)9-30-34(23)10-15)37-12-24(2,36)21-4-3-16(25)8-29-21/h3-4,7-10,18-19,36H,5-6,11-12H2,1-2H3/t18-,19+,24?/m1/s1. The van der Waals surface area contributed by atoms with Gasteiger partial charge >= 0.3 is 0 Å². The fraction of sp³-hybridized carbons (Fsp3) is 0.375. The van der Waals surface area contributed by atoms with Crippen LogP contribution in [0.1, 0.15) is 30.8 Å². The number of hydrogen-bond donors (Lipinski definition) is 1. The molecular weight excluding hydrogens is 489 g/mol. The van der Waals surface area contributed by atoms with Crippen LogP contribution >= 0.6 is 0 Å².